The highest BCUT2D eigenvalue weighted by Gasteiger charge is 2.21. The molecule has 1 aromatic carbocycles. The predicted molar refractivity (Wildman–Crippen MR) is 91.3 cm³/mol. The number of aryl methyl sites for hydroxylation is 1. The highest BCUT2D eigenvalue weighted by atomic mass is 32.2. The Hall–Kier alpha value is -1.70. The number of carbonyl (C=O) groups is 1. The fraction of sp³-hybridized carbons (Fsp3) is 0.312. The van der Waals surface area contributed by atoms with Crippen molar-refractivity contribution in [2.24, 2.45) is 11.1 Å². The molecule has 0 spiro atoms. The first kappa shape index (κ1) is 16.2. The van der Waals surface area contributed by atoms with Gasteiger partial charge in [0.2, 0.25) is 10.0 Å². The molecule has 5 nitrogen and oxygen atoms in total. The Kier molecular flexibility index (Phi) is 4.27. The summed E-state index contributed by atoms with van der Waals surface area (Å²) < 4.78 is 22.7. The number of nitrogens with one attached hydrogen (secondary N) is 1. The van der Waals surface area contributed by atoms with Gasteiger partial charge in [-0.15, -0.1) is 11.3 Å². The molecule has 3 N–H and O–H groups in total. The van der Waals surface area contributed by atoms with E-state index in [0.717, 1.165) is 19.3 Å². The highest BCUT2D eigenvalue weighted by Crippen LogP contribution is 2.32. The van der Waals surface area contributed by atoms with Gasteiger partial charge in [0.15, 0.2) is 0 Å². The molecule has 0 saturated carbocycles. The molecule has 0 bridgehead atoms. The zero-order chi connectivity index (χ0) is 16.6. The van der Waals surface area contributed by atoms with E-state index < -0.39 is 10.0 Å². The maximum atomic E-state index is 12.4. The number of nitrogens with two attached hydrogens (primary N) is 1. The second kappa shape index (κ2) is 6.07. The monoisotopic (exact) mass is 350 g/mol. The Morgan fingerprint density at radius 2 is 2.13 bits per heavy atom. The lowest BCUT2D eigenvalue weighted by molar-refractivity contribution is 0.103. The molecule has 0 aliphatic heterocycles. The van der Waals surface area contributed by atoms with Gasteiger partial charge in [0.25, 0.3) is 5.91 Å². The van der Waals surface area contributed by atoms with Crippen molar-refractivity contribution < 1.29 is 13.2 Å². The van der Waals surface area contributed by atoms with Crippen LogP contribution in [0.25, 0.3) is 0 Å². The first-order chi connectivity index (χ1) is 10.8. The average Bonchev–Trinajstić information content (AvgIpc) is 2.90. The number of rotatable bonds is 3. The maximum absolute atomic E-state index is 12.4. The van der Waals surface area contributed by atoms with Gasteiger partial charge in [-0.05, 0) is 55.0 Å². The first-order valence-electron chi connectivity index (χ1n) is 7.39. The van der Waals surface area contributed by atoms with Gasteiger partial charge < -0.3 is 5.32 Å². The molecular weight excluding hydrogens is 332 g/mol. The second-order valence-electron chi connectivity index (χ2n) is 5.93. The average molecular weight is 350 g/mol. The third-order valence-electron chi connectivity index (χ3n) is 3.97. The molecular formula is C16H18N2O3S2. The summed E-state index contributed by atoms with van der Waals surface area (Å²) in [6.07, 6.45) is 3.19. The van der Waals surface area contributed by atoms with Crippen LogP contribution in [-0.2, 0) is 22.9 Å². The summed E-state index contributed by atoms with van der Waals surface area (Å²) in [6.45, 7) is 2.22. The van der Waals surface area contributed by atoms with E-state index in [2.05, 4.69) is 12.2 Å². The van der Waals surface area contributed by atoms with E-state index in [1.54, 1.807) is 12.1 Å². The predicted octanol–water partition coefficient (Wildman–Crippen LogP) is 2.77. The van der Waals surface area contributed by atoms with E-state index in [9.17, 15) is 13.2 Å². The van der Waals surface area contributed by atoms with E-state index in [0.29, 0.717) is 16.5 Å². The molecule has 1 amide bonds. The van der Waals surface area contributed by atoms with E-state index >= 15 is 0 Å². The van der Waals surface area contributed by atoms with Crippen molar-refractivity contribution >= 4 is 33.0 Å². The van der Waals surface area contributed by atoms with Crippen LogP contribution in [0.2, 0.25) is 0 Å². The molecule has 1 aromatic heterocycles. The van der Waals surface area contributed by atoms with Gasteiger partial charge >= 0.3 is 0 Å². The summed E-state index contributed by atoms with van der Waals surface area (Å²) in [4.78, 5) is 14.3. The number of benzene rings is 1. The molecule has 0 saturated heterocycles. The van der Waals surface area contributed by atoms with E-state index in [1.807, 2.05) is 6.07 Å². The van der Waals surface area contributed by atoms with Crippen molar-refractivity contribution in [1.29, 1.82) is 0 Å². The fourth-order valence-corrected chi connectivity index (χ4v) is 4.42. The van der Waals surface area contributed by atoms with Crippen molar-refractivity contribution in [2.45, 2.75) is 31.1 Å². The molecule has 0 radical (unpaired) electrons. The quantitative estimate of drug-likeness (QED) is 0.892. The number of anilines is 1. The number of hydrogen-bond acceptors (Lipinski definition) is 4. The Labute approximate surface area is 139 Å². The largest absolute Gasteiger partial charge is 0.321 e. The highest BCUT2D eigenvalue weighted by molar-refractivity contribution is 7.89. The van der Waals surface area contributed by atoms with Crippen LogP contribution < -0.4 is 10.5 Å². The lowest BCUT2D eigenvalue weighted by Gasteiger charge is -2.16. The van der Waals surface area contributed by atoms with Crippen molar-refractivity contribution in [3.8, 4) is 0 Å². The molecule has 1 heterocycles. The summed E-state index contributed by atoms with van der Waals surface area (Å²) in [7, 11) is -3.78. The van der Waals surface area contributed by atoms with Crippen molar-refractivity contribution in [2.75, 3.05) is 5.32 Å². The van der Waals surface area contributed by atoms with Gasteiger partial charge in [0, 0.05) is 10.6 Å². The number of thiophene rings is 1. The summed E-state index contributed by atoms with van der Waals surface area (Å²) in [5, 5.41) is 7.85. The van der Waals surface area contributed by atoms with Crippen LogP contribution in [0.4, 0.5) is 5.69 Å². The molecule has 3 rings (SSSR count). The number of sulfonamides is 1. The third kappa shape index (κ3) is 3.63. The SMILES string of the molecule is CC1CCc2sc(C(=O)Nc3cccc(S(N)(=O)=O)c3)cc2C1. The van der Waals surface area contributed by atoms with Crippen LogP contribution >= 0.6 is 11.3 Å². The Bertz CT molecular complexity index is 856. The lowest BCUT2D eigenvalue weighted by Crippen LogP contribution is -2.14. The summed E-state index contributed by atoms with van der Waals surface area (Å²) in [5.74, 6) is 0.433. The molecule has 1 atom stereocenters. The molecule has 2 aromatic rings. The van der Waals surface area contributed by atoms with Crippen LogP contribution in [0.15, 0.2) is 35.2 Å². The normalized spacial score (nSPS) is 17.6. The van der Waals surface area contributed by atoms with Crippen molar-refractivity contribution in [3.05, 3.63) is 45.6 Å². The van der Waals surface area contributed by atoms with Gasteiger partial charge in [-0.2, -0.15) is 0 Å². The molecule has 7 heteroatoms. The minimum Gasteiger partial charge on any atom is -0.321 e. The van der Waals surface area contributed by atoms with Crippen LogP contribution in [0.3, 0.4) is 0 Å². The number of fused-ring (bicyclic) bond motifs is 1. The molecule has 1 unspecified atom stereocenters. The van der Waals surface area contributed by atoms with E-state index in [1.165, 1.54) is 33.9 Å². The van der Waals surface area contributed by atoms with Crippen LogP contribution in [-0.4, -0.2) is 14.3 Å². The van der Waals surface area contributed by atoms with Gasteiger partial charge in [0.05, 0.1) is 9.77 Å². The first-order valence-corrected chi connectivity index (χ1v) is 9.75. The van der Waals surface area contributed by atoms with E-state index in [4.69, 9.17) is 5.14 Å². The van der Waals surface area contributed by atoms with Gasteiger partial charge in [-0.1, -0.05) is 13.0 Å². The van der Waals surface area contributed by atoms with Gasteiger partial charge in [-0.3, -0.25) is 4.79 Å². The maximum Gasteiger partial charge on any atom is 0.265 e. The molecule has 0 fully saturated rings. The minimum atomic E-state index is -3.78. The van der Waals surface area contributed by atoms with Crippen molar-refractivity contribution in [1.82, 2.24) is 0 Å². The number of amides is 1. The number of hydrogen-bond donors (Lipinski definition) is 2. The molecule has 1 aliphatic carbocycles. The second-order valence-corrected chi connectivity index (χ2v) is 8.63. The summed E-state index contributed by atoms with van der Waals surface area (Å²) in [6, 6.07) is 7.91. The zero-order valence-corrected chi connectivity index (χ0v) is 14.3. The standard InChI is InChI=1S/C16H18N2O3S2/c1-10-5-6-14-11(7-10)8-15(22-14)16(19)18-12-3-2-4-13(9-12)23(17,20)21/h2-4,8-10H,5-7H2,1H3,(H,18,19)(H2,17,20,21). The van der Waals surface area contributed by atoms with E-state index in [-0.39, 0.29) is 10.8 Å². The topological polar surface area (TPSA) is 89.3 Å². The molecule has 1 aliphatic rings. The molecule has 23 heavy (non-hydrogen) atoms. The summed E-state index contributed by atoms with van der Waals surface area (Å²) in [5.41, 5.74) is 1.68. The van der Waals surface area contributed by atoms with Crippen LogP contribution in [0, 0.1) is 5.92 Å². The zero-order valence-electron chi connectivity index (χ0n) is 12.7. The third-order valence-corrected chi connectivity index (χ3v) is 6.12. The minimum absolute atomic E-state index is 0.0189. The lowest BCUT2D eigenvalue weighted by atomic mass is 9.90. The van der Waals surface area contributed by atoms with Gasteiger partial charge in [-0.25, -0.2) is 13.6 Å². The Morgan fingerprint density at radius 3 is 2.87 bits per heavy atom. The van der Waals surface area contributed by atoms with Crippen molar-refractivity contribution in [3.63, 3.8) is 0 Å². The number of primary sulfonamides is 1. The number of carbonyl (C=O) groups excluding carboxylic acids is 1. The summed E-state index contributed by atoms with van der Waals surface area (Å²) >= 11 is 1.52. The van der Waals surface area contributed by atoms with Crippen LogP contribution in [0.1, 0.15) is 33.5 Å². The van der Waals surface area contributed by atoms with Gasteiger partial charge in [0.1, 0.15) is 0 Å². The Balaban J connectivity index is 1.80. The Morgan fingerprint density at radius 1 is 1.35 bits per heavy atom. The smallest absolute Gasteiger partial charge is 0.265 e. The molecule has 122 valence electrons. The fourth-order valence-electron chi connectivity index (χ4n) is 2.76. The van der Waals surface area contributed by atoms with Crippen LogP contribution in [0.5, 0.6) is 0 Å².